The molecule has 2 fully saturated rings. The molecule has 0 radical (unpaired) electrons. The molecular formula is C41H49F4N5O8. The van der Waals surface area contributed by atoms with Crippen molar-refractivity contribution in [1.82, 2.24) is 25.8 Å². The molecule has 1 aliphatic carbocycles. The minimum Gasteiger partial charge on any atom is -0.444 e. The van der Waals surface area contributed by atoms with E-state index < -0.39 is 88.8 Å². The molecule has 58 heavy (non-hydrogen) atoms. The zero-order valence-corrected chi connectivity index (χ0v) is 32.6. The highest BCUT2D eigenvalue weighted by Crippen LogP contribution is 2.46. The number of benzene rings is 2. The second-order valence-corrected chi connectivity index (χ2v) is 16.4. The molecule has 0 spiro atoms. The summed E-state index contributed by atoms with van der Waals surface area (Å²) in [5.41, 5.74) is -1.45. The highest BCUT2D eigenvalue weighted by molar-refractivity contribution is 5.98. The van der Waals surface area contributed by atoms with Crippen molar-refractivity contribution in [3.8, 4) is 0 Å². The van der Waals surface area contributed by atoms with E-state index in [9.17, 15) is 46.6 Å². The van der Waals surface area contributed by atoms with Gasteiger partial charge in [-0.2, -0.15) is 13.2 Å². The van der Waals surface area contributed by atoms with E-state index in [1.54, 1.807) is 32.9 Å². The number of carbonyl (C=O) groups is 5. The number of halogens is 4. The van der Waals surface area contributed by atoms with Crippen molar-refractivity contribution in [1.29, 1.82) is 0 Å². The number of fused-ring (bicyclic) bond motifs is 3. The Bertz CT molecular complexity index is 1940. The van der Waals surface area contributed by atoms with Gasteiger partial charge in [0.15, 0.2) is 6.10 Å². The van der Waals surface area contributed by atoms with Crippen LogP contribution in [0.1, 0.15) is 94.1 Å². The van der Waals surface area contributed by atoms with Gasteiger partial charge in [-0.05, 0) is 69.2 Å². The van der Waals surface area contributed by atoms with Crippen LogP contribution >= 0.6 is 0 Å². The van der Waals surface area contributed by atoms with Crippen LogP contribution in [0.4, 0.5) is 27.2 Å². The summed E-state index contributed by atoms with van der Waals surface area (Å²) in [5, 5.41) is 18.0. The third-order valence-electron chi connectivity index (χ3n) is 10.8. The van der Waals surface area contributed by atoms with Gasteiger partial charge in [-0.1, -0.05) is 61.4 Å². The van der Waals surface area contributed by atoms with Gasteiger partial charge in [-0.25, -0.2) is 14.0 Å². The molecule has 0 bridgehead atoms. The van der Waals surface area contributed by atoms with E-state index in [0.29, 0.717) is 30.4 Å². The minimum absolute atomic E-state index is 0.0260. The second kappa shape index (κ2) is 17.0. The number of alkyl halides is 3. The Labute approximate surface area is 333 Å². The van der Waals surface area contributed by atoms with Crippen molar-refractivity contribution in [2.75, 3.05) is 6.54 Å². The van der Waals surface area contributed by atoms with Crippen LogP contribution in [0.5, 0.6) is 0 Å². The molecule has 1 saturated heterocycles. The smallest absolute Gasteiger partial charge is 0.418 e. The molecule has 3 aliphatic heterocycles. The van der Waals surface area contributed by atoms with E-state index in [1.807, 2.05) is 12.2 Å². The van der Waals surface area contributed by atoms with E-state index in [-0.39, 0.29) is 51.0 Å². The quantitative estimate of drug-likeness (QED) is 0.221. The maximum atomic E-state index is 14.5. The van der Waals surface area contributed by atoms with Gasteiger partial charge in [0.1, 0.15) is 35.1 Å². The van der Waals surface area contributed by atoms with Gasteiger partial charge < -0.3 is 35.4 Å². The number of carbonyl (C=O) groups excluding carboxylic acids is 5. The molecule has 314 valence electrons. The lowest BCUT2D eigenvalue weighted by atomic mass is 10.0. The fraction of sp³-hybridized carbons (Fsp3) is 0.537. The molecule has 1 saturated carbocycles. The molecule has 2 aromatic carbocycles. The first kappa shape index (κ1) is 42.4. The molecule has 4 aliphatic rings. The third kappa shape index (κ3) is 9.91. The Morgan fingerprint density at radius 2 is 1.81 bits per heavy atom. The Morgan fingerprint density at radius 3 is 2.53 bits per heavy atom. The maximum Gasteiger partial charge on any atom is 0.418 e. The second-order valence-electron chi connectivity index (χ2n) is 16.4. The number of aliphatic hydroxyl groups excluding tert-OH is 1. The Kier molecular flexibility index (Phi) is 12.4. The van der Waals surface area contributed by atoms with Crippen LogP contribution in [0.15, 0.2) is 54.6 Å². The van der Waals surface area contributed by atoms with Crippen LogP contribution in [0.25, 0.3) is 0 Å². The number of amides is 5. The number of ether oxygens (including phenoxy) is 2. The van der Waals surface area contributed by atoms with Gasteiger partial charge in [-0.3, -0.25) is 19.3 Å². The minimum atomic E-state index is -4.89. The first-order valence-corrected chi connectivity index (χ1v) is 19.5. The summed E-state index contributed by atoms with van der Waals surface area (Å²) in [6.07, 6.45) is -3.53. The van der Waals surface area contributed by atoms with Crippen molar-refractivity contribution in [3.05, 3.63) is 82.7 Å². The number of aliphatic hydroxyl groups is 1. The average molecular weight is 816 g/mol. The van der Waals surface area contributed by atoms with E-state index in [1.165, 1.54) is 28.0 Å². The lowest BCUT2D eigenvalue weighted by molar-refractivity contribution is -0.206. The van der Waals surface area contributed by atoms with Gasteiger partial charge in [0, 0.05) is 31.0 Å². The highest BCUT2D eigenvalue weighted by Gasteiger charge is 2.61. The molecular weight excluding hydrogens is 766 g/mol. The number of alkyl carbamates (subject to hydrolysis) is 1. The Balaban J connectivity index is 1.23. The summed E-state index contributed by atoms with van der Waals surface area (Å²) in [4.78, 5) is 71.6. The predicted octanol–water partition coefficient (Wildman–Crippen LogP) is 5.45. The SMILES string of the molecule is CC(C)(C)OC(=O)N[C@H]1CCCCCC=C[C@@H]2C[C@@]2(C(=O)NCc2cccc(C(O)C(F)(F)F)c2)NC(=O)[C@@H]2C[C@@H](OC(=O)N3Cc4cccc(F)c4C3)CN2C1=O. The lowest BCUT2D eigenvalue weighted by Crippen LogP contribution is -2.57. The van der Waals surface area contributed by atoms with Gasteiger partial charge in [-0.15, -0.1) is 0 Å². The van der Waals surface area contributed by atoms with Gasteiger partial charge in [0.2, 0.25) is 17.7 Å². The van der Waals surface area contributed by atoms with Gasteiger partial charge in [0.05, 0.1) is 13.1 Å². The summed E-state index contributed by atoms with van der Waals surface area (Å²) in [6.45, 7) is 4.69. The normalized spacial score (nSPS) is 25.6. The molecule has 4 N–H and O–H groups in total. The predicted molar refractivity (Wildman–Crippen MR) is 200 cm³/mol. The number of rotatable bonds is 6. The molecule has 6 rings (SSSR count). The number of hydrogen-bond acceptors (Lipinski definition) is 8. The summed E-state index contributed by atoms with van der Waals surface area (Å²) < 4.78 is 65.3. The van der Waals surface area contributed by atoms with Crippen molar-refractivity contribution in [2.45, 2.75) is 127 Å². The van der Waals surface area contributed by atoms with Crippen LogP contribution in [0, 0.1) is 11.7 Å². The Morgan fingerprint density at radius 1 is 1.05 bits per heavy atom. The van der Waals surface area contributed by atoms with Crippen molar-refractivity contribution < 1.29 is 56.1 Å². The van der Waals surface area contributed by atoms with Crippen LogP contribution in [0.2, 0.25) is 0 Å². The monoisotopic (exact) mass is 815 g/mol. The fourth-order valence-electron chi connectivity index (χ4n) is 7.74. The van der Waals surface area contributed by atoms with E-state index in [2.05, 4.69) is 16.0 Å². The number of allylic oxidation sites excluding steroid dienone is 1. The molecule has 17 heteroatoms. The molecule has 13 nitrogen and oxygen atoms in total. The van der Waals surface area contributed by atoms with Crippen LogP contribution < -0.4 is 16.0 Å². The fourth-order valence-corrected chi connectivity index (χ4v) is 7.74. The summed E-state index contributed by atoms with van der Waals surface area (Å²) in [5.74, 6) is -2.83. The highest BCUT2D eigenvalue weighted by atomic mass is 19.4. The van der Waals surface area contributed by atoms with Crippen molar-refractivity contribution in [3.63, 3.8) is 0 Å². The van der Waals surface area contributed by atoms with Gasteiger partial charge in [0.25, 0.3) is 0 Å². The maximum absolute atomic E-state index is 14.5. The number of hydrogen-bond donors (Lipinski definition) is 4. The topological polar surface area (TPSA) is 167 Å². The zero-order valence-electron chi connectivity index (χ0n) is 32.6. The van der Waals surface area contributed by atoms with Gasteiger partial charge >= 0.3 is 18.4 Å². The molecule has 5 amide bonds. The molecule has 2 aromatic rings. The van der Waals surface area contributed by atoms with Crippen molar-refractivity contribution >= 4 is 29.9 Å². The average Bonchev–Trinajstić information content (AvgIpc) is 3.44. The van der Waals surface area contributed by atoms with Crippen LogP contribution in [-0.2, 0) is 43.5 Å². The van der Waals surface area contributed by atoms with Crippen LogP contribution in [0.3, 0.4) is 0 Å². The molecule has 6 atom stereocenters. The summed E-state index contributed by atoms with van der Waals surface area (Å²) in [7, 11) is 0. The first-order chi connectivity index (χ1) is 27.3. The van der Waals surface area contributed by atoms with Crippen LogP contribution in [-0.4, -0.2) is 86.9 Å². The molecule has 1 unspecified atom stereocenters. The number of nitrogens with one attached hydrogen (secondary N) is 3. The standard InChI is InChI=1S/C41H49F4N5O8/c1-39(2,3)58-37(55)47-31-16-8-6-4-5-7-14-27-19-40(27,36(54)46-20-24-11-9-12-25(17-24)33(51)41(43,44)45)48-34(52)32-18-28(22-50(32)35(31)53)57-38(56)49-21-26-13-10-15-30(42)29(26)23-49/h7,9-15,17,27-28,31-33,51H,4-6,8,16,18-23H2,1-3H3,(H,46,54)(H,47,55)(H,48,52)/t27-,28-,31+,32+,33?,40-/m1/s1. The van der Waals surface area contributed by atoms with E-state index >= 15 is 0 Å². The largest absolute Gasteiger partial charge is 0.444 e. The third-order valence-corrected chi connectivity index (χ3v) is 10.8. The molecule has 0 aromatic heterocycles. The zero-order chi connectivity index (χ0) is 42.0. The van der Waals surface area contributed by atoms with E-state index in [0.717, 1.165) is 18.6 Å². The molecule has 3 heterocycles. The lowest BCUT2D eigenvalue weighted by Gasteiger charge is -2.30. The Hall–Kier alpha value is -5.19. The summed E-state index contributed by atoms with van der Waals surface area (Å²) >= 11 is 0. The summed E-state index contributed by atoms with van der Waals surface area (Å²) in [6, 6.07) is 7.29. The van der Waals surface area contributed by atoms with Crippen molar-refractivity contribution in [2.24, 2.45) is 5.92 Å². The number of nitrogens with zero attached hydrogens (tertiary/aromatic N) is 2. The first-order valence-electron chi connectivity index (χ1n) is 19.5. The van der Waals surface area contributed by atoms with E-state index in [4.69, 9.17) is 9.47 Å².